The minimum absolute atomic E-state index is 0.148. The van der Waals surface area contributed by atoms with Crippen molar-refractivity contribution in [3.05, 3.63) is 23.4 Å². The maximum absolute atomic E-state index is 13.2. The fourth-order valence-corrected chi connectivity index (χ4v) is 2.46. The highest BCUT2D eigenvalue weighted by molar-refractivity contribution is 5.18. The summed E-state index contributed by atoms with van der Waals surface area (Å²) in [5, 5.41) is 3.54. The molecule has 2 aliphatic rings. The van der Waals surface area contributed by atoms with E-state index in [1.165, 1.54) is 30.5 Å². The molecule has 0 aromatic carbocycles. The van der Waals surface area contributed by atoms with Crippen molar-refractivity contribution in [2.75, 3.05) is 0 Å². The van der Waals surface area contributed by atoms with Gasteiger partial charge in [0.2, 0.25) is 0 Å². The fraction of sp³-hybridized carbons (Fsp3) is 0.692. The number of allylic oxidation sites excluding steroid dienone is 3. The molecule has 2 unspecified atom stereocenters. The van der Waals surface area contributed by atoms with E-state index in [4.69, 9.17) is 0 Å². The van der Waals surface area contributed by atoms with Crippen molar-refractivity contribution >= 4 is 0 Å². The number of hydrogen-bond donors (Lipinski definition) is 1. The van der Waals surface area contributed by atoms with Crippen LogP contribution in [0.25, 0.3) is 0 Å². The van der Waals surface area contributed by atoms with Crippen molar-refractivity contribution in [3.63, 3.8) is 0 Å². The van der Waals surface area contributed by atoms with Crippen molar-refractivity contribution in [3.8, 4) is 0 Å². The van der Waals surface area contributed by atoms with Crippen LogP contribution in [0.2, 0.25) is 0 Å². The molecule has 84 valence electrons. The fourth-order valence-electron chi connectivity index (χ4n) is 2.46. The van der Waals surface area contributed by atoms with Gasteiger partial charge >= 0.3 is 0 Å². The van der Waals surface area contributed by atoms with Crippen molar-refractivity contribution in [2.24, 2.45) is 5.92 Å². The van der Waals surface area contributed by atoms with Gasteiger partial charge in [0, 0.05) is 11.7 Å². The third-order valence-corrected chi connectivity index (χ3v) is 3.55. The summed E-state index contributed by atoms with van der Waals surface area (Å²) in [6.07, 6.45) is 7.52. The lowest BCUT2D eigenvalue weighted by Crippen LogP contribution is -2.33. The normalized spacial score (nSPS) is 36.1. The van der Waals surface area contributed by atoms with Crippen LogP contribution in [0.15, 0.2) is 23.4 Å². The van der Waals surface area contributed by atoms with Gasteiger partial charge in [0.15, 0.2) is 0 Å². The molecule has 2 heteroatoms. The molecule has 0 fully saturated rings. The van der Waals surface area contributed by atoms with Crippen LogP contribution >= 0.6 is 0 Å². The molecule has 0 saturated heterocycles. The Bertz CT molecular complexity index is 293. The monoisotopic (exact) mass is 209 g/mol. The molecule has 0 aliphatic heterocycles. The topological polar surface area (TPSA) is 12.0 Å². The summed E-state index contributed by atoms with van der Waals surface area (Å²) in [6, 6.07) is 0.343. The van der Waals surface area contributed by atoms with Crippen molar-refractivity contribution in [1.82, 2.24) is 5.32 Å². The molecule has 1 N–H and O–H groups in total. The van der Waals surface area contributed by atoms with E-state index in [-0.39, 0.29) is 5.92 Å². The highest BCUT2D eigenvalue weighted by Gasteiger charge is 2.23. The van der Waals surface area contributed by atoms with E-state index < -0.39 is 6.17 Å². The van der Waals surface area contributed by atoms with E-state index in [2.05, 4.69) is 12.2 Å². The average Bonchev–Trinajstić information content (AvgIpc) is 2.59. The van der Waals surface area contributed by atoms with Crippen LogP contribution in [0.5, 0.6) is 0 Å². The molecule has 0 bridgehead atoms. The van der Waals surface area contributed by atoms with Crippen LogP contribution in [0.4, 0.5) is 4.39 Å². The van der Waals surface area contributed by atoms with Crippen LogP contribution in [-0.4, -0.2) is 12.2 Å². The molecular formula is C13H20FN. The Morgan fingerprint density at radius 2 is 2.13 bits per heavy atom. The van der Waals surface area contributed by atoms with Crippen LogP contribution in [0, 0.1) is 5.92 Å². The Hall–Kier alpha value is -0.790. The quantitative estimate of drug-likeness (QED) is 0.688. The number of hydrogen-bond acceptors (Lipinski definition) is 1. The highest BCUT2D eigenvalue weighted by atomic mass is 19.1. The summed E-state index contributed by atoms with van der Waals surface area (Å²) in [7, 11) is 0. The molecule has 3 atom stereocenters. The maximum Gasteiger partial charge on any atom is 0.121 e. The Kier molecular flexibility index (Phi) is 3.13. The standard InChI is InChI=1S/C13H20FN/c1-9-4-3-5-13(9)15-11-6-7-12(14)10(2)8-11/h6-7,10-12,15H,3-5,8H2,1-2H3/t10?,11?,12-/m1/s1. The van der Waals surface area contributed by atoms with Gasteiger partial charge in [-0.3, -0.25) is 0 Å². The first-order valence-corrected chi connectivity index (χ1v) is 5.94. The minimum atomic E-state index is -0.748. The van der Waals surface area contributed by atoms with Crippen LogP contribution in [-0.2, 0) is 0 Å². The second-order valence-corrected chi connectivity index (χ2v) is 4.91. The van der Waals surface area contributed by atoms with Gasteiger partial charge in [-0.2, -0.15) is 0 Å². The van der Waals surface area contributed by atoms with E-state index >= 15 is 0 Å². The maximum atomic E-state index is 13.2. The number of alkyl halides is 1. The van der Waals surface area contributed by atoms with Crippen LogP contribution in [0.3, 0.4) is 0 Å². The SMILES string of the molecule is CC1=C(NC2C=C[C@@H](F)C(C)C2)CCC1. The predicted octanol–water partition coefficient (Wildman–Crippen LogP) is 3.34. The second kappa shape index (κ2) is 4.38. The van der Waals surface area contributed by atoms with E-state index in [1.807, 2.05) is 13.0 Å². The Morgan fingerprint density at radius 1 is 1.33 bits per heavy atom. The third-order valence-electron chi connectivity index (χ3n) is 3.55. The van der Waals surface area contributed by atoms with E-state index in [0.717, 1.165) is 6.42 Å². The summed E-state index contributed by atoms with van der Waals surface area (Å²) >= 11 is 0. The number of nitrogens with one attached hydrogen (secondary N) is 1. The zero-order valence-corrected chi connectivity index (χ0v) is 9.59. The van der Waals surface area contributed by atoms with Gasteiger partial charge in [-0.15, -0.1) is 0 Å². The predicted molar refractivity (Wildman–Crippen MR) is 61.3 cm³/mol. The minimum Gasteiger partial charge on any atom is -0.382 e. The van der Waals surface area contributed by atoms with Gasteiger partial charge in [-0.1, -0.05) is 24.6 Å². The number of halogens is 1. The first-order chi connectivity index (χ1) is 7.16. The van der Waals surface area contributed by atoms with Gasteiger partial charge in [-0.05, 0) is 38.5 Å². The van der Waals surface area contributed by atoms with Crippen molar-refractivity contribution in [2.45, 2.75) is 51.7 Å². The van der Waals surface area contributed by atoms with Gasteiger partial charge < -0.3 is 5.32 Å². The lowest BCUT2D eigenvalue weighted by atomic mass is 9.91. The molecule has 2 aliphatic carbocycles. The van der Waals surface area contributed by atoms with Crippen molar-refractivity contribution in [1.29, 1.82) is 0 Å². The van der Waals surface area contributed by atoms with Crippen molar-refractivity contribution < 1.29 is 4.39 Å². The molecule has 0 spiro atoms. The first-order valence-electron chi connectivity index (χ1n) is 5.94. The Labute approximate surface area is 91.4 Å². The molecule has 0 amide bonds. The van der Waals surface area contributed by atoms with E-state index in [1.54, 1.807) is 6.08 Å². The second-order valence-electron chi connectivity index (χ2n) is 4.91. The highest BCUT2D eigenvalue weighted by Crippen LogP contribution is 2.27. The Balaban J connectivity index is 1.96. The molecule has 0 aromatic rings. The van der Waals surface area contributed by atoms with Gasteiger partial charge in [0.1, 0.15) is 6.17 Å². The van der Waals surface area contributed by atoms with Gasteiger partial charge in [0.05, 0.1) is 0 Å². The molecular weight excluding hydrogens is 189 g/mol. The third kappa shape index (κ3) is 2.42. The zero-order valence-electron chi connectivity index (χ0n) is 9.59. The molecule has 1 nitrogen and oxygen atoms in total. The van der Waals surface area contributed by atoms with Gasteiger partial charge in [0.25, 0.3) is 0 Å². The lowest BCUT2D eigenvalue weighted by molar-refractivity contribution is 0.259. The zero-order chi connectivity index (χ0) is 10.8. The first kappa shape index (κ1) is 10.7. The summed E-state index contributed by atoms with van der Waals surface area (Å²) in [5.41, 5.74) is 2.88. The molecule has 0 heterocycles. The smallest absolute Gasteiger partial charge is 0.121 e. The average molecular weight is 209 g/mol. The van der Waals surface area contributed by atoms with Gasteiger partial charge in [-0.25, -0.2) is 4.39 Å². The Morgan fingerprint density at radius 3 is 2.73 bits per heavy atom. The number of rotatable bonds is 2. The molecule has 0 aromatic heterocycles. The largest absolute Gasteiger partial charge is 0.382 e. The van der Waals surface area contributed by atoms with Crippen LogP contribution < -0.4 is 5.32 Å². The molecule has 15 heavy (non-hydrogen) atoms. The summed E-state index contributed by atoms with van der Waals surface area (Å²) in [5.74, 6) is 0.148. The lowest BCUT2D eigenvalue weighted by Gasteiger charge is -2.27. The van der Waals surface area contributed by atoms with E-state index in [0.29, 0.717) is 6.04 Å². The summed E-state index contributed by atoms with van der Waals surface area (Å²) < 4.78 is 13.2. The van der Waals surface area contributed by atoms with E-state index in [9.17, 15) is 4.39 Å². The molecule has 2 rings (SSSR count). The molecule has 0 saturated carbocycles. The molecule has 0 radical (unpaired) electrons. The van der Waals surface area contributed by atoms with Crippen LogP contribution in [0.1, 0.15) is 39.5 Å². The summed E-state index contributed by atoms with van der Waals surface area (Å²) in [4.78, 5) is 0. The summed E-state index contributed by atoms with van der Waals surface area (Å²) in [6.45, 7) is 4.18.